The molecule has 0 heterocycles. The van der Waals surface area contributed by atoms with Crippen LogP contribution in [0.4, 0.5) is 0 Å². The third-order valence-electron chi connectivity index (χ3n) is 14.9. The Balaban J connectivity index is -0.000000382. The van der Waals surface area contributed by atoms with Crippen LogP contribution in [-0.4, -0.2) is 173 Å². The summed E-state index contributed by atoms with van der Waals surface area (Å²) in [5.41, 5.74) is 0.948. The molecule has 0 radical (unpaired) electrons. The van der Waals surface area contributed by atoms with E-state index in [4.69, 9.17) is 33.2 Å². The predicted octanol–water partition coefficient (Wildman–Crippen LogP) is 16.2. The Bertz CT molecular complexity index is 2410. The van der Waals surface area contributed by atoms with Crippen LogP contribution in [0.5, 0.6) is 0 Å². The van der Waals surface area contributed by atoms with Crippen LogP contribution in [0.15, 0.2) is 62.8 Å². The highest BCUT2D eigenvalue weighted by atomic mass is 16.5. The van der Waals surface area contributed by atoms with E-state index in [0.29, 0.717) is 70.9 Å². The summed E-state index contributed by atoms with van der Waals surface area (Å²) in [6.07, 6.45) is 18.3. The lowest BCUT2D eigenvalue weighted by Crippen LogP contribution is -2.46. The molecule has 108 heavy (non-hydrogen) atoms. The lowest BCUT2D eigenvalue weighted by atomic mass is 9.88. The van der Waals surface area contributed by atoms with Gasteiger partial charge in [-0.25, -0.2) is 0 Å². The Morgan fingerprint density at radius 2 is 0.639 bits per heavy atom. The smallest absolute Gasteiger partial charge is 0.249 e. The Hall–Kier alpha value is -5.29. The van der Waals surface area contributed by atoms with E-state index in [-0.39, 0.29) is 142 Å². The Labute approximate surface area is 660 Å². The summed E-state index contributed by atoms with van der Waals surface area (Å²) in [7, 11) is 0. The van der Waals surface area contributed by atoms with E-state index in [0.717, 1.165) is 44.1 Å². The fourth-order valence-electron chi connectivity index (χ4n) is 10.2. The van der Waals surface area contributed by atoms with Crippen LogP contribution in [-0.2, 0) is 66.7 Å². The molecule has 0 saturated heterocycles. The summed E-state index contributed by atoms with van der Waals surface area (Å²) in [5, 5.41) is 20.2. The van der Waals surface area contributed by atoms with Crippen LogP contribution < -0.4 is 37.2 Å². The molecule has 7 atom stereocenters. The maximum Gasteiger partial charge on any atom is 0.249 e. The Morgan fingerprint density at radius 1 is 0.370 bits per heavy atom. The van der Waals surface area contributed by atoms with E-state index in [9.17, 15) is 33.6 Å². The molecular weight excluding hydrogens is 1370 g/mol. The van der Waals surface area contributed by atoms with Crippen molar-refractivity contribution < 1.29 is 66.7 Å². The molecule has 0 aromatic carbocycles. The van der Waals surface area contributed by atoms with Crippen LogP contribution in [0, 0.1) is 34.0 Å². The van der Waals surface area contributed by atoms with E-state index in [1.54, 1.807) is 24.3 Å². The number of hydrogen-bond acceptors (Lipinski definition) is 14. The molecule has 7 unspecified atom stereocenters. The first-order chi connectivity index (χ1) is 50.0. The first-order valence-corrected chi connectivity index (χ1v) is 40.5. The number of ether oxygens (including phenoxy) is 7. The zero-order valence-electron chi connectivity index (χ0n) is 74.2. The molecule has 0 aromatic rings. The molecule has 2 aliphatic carbocycles. The van der Waals surface area contributed by atoms with E-state index < -0.39 is 6.10 Å². The first-order valence-electron chi connectivity index (χ1n) is 40.5. The zero-order valence-corrected chi connectivity index (χ0v) is 74.2. The van der Waals surface area contributed by atoms with E-state index in [1.165, 1.54) is 38.5 Å². The lowest BCUT2D eigenvalue weighted by molar-refractivity contribution is -0.141. The highest BCUT2D eigenvalue weighted by molar-refractivity contribution is 5.84. The van der Waals surface area contributed by atoms with Crippen molar-refractivity contribution in [2.75, 3.05) is 46.2 Å². The molecule has 2 rings (SSSR count). The van der Waals surface area contributed by atoms with Gasteiger partial charge < -0.3 is 70.4 Å². The van der Waals surface area contributed by atoms with Crippen LogP contribution in [0.3, 0.4) is 0 Å². The van der Waals surface area contributed by atoms with E-state index in [1.807, 2.05) is 152 Å². The quantitative estimate of drug-likeness (QED) is 0.0280. The summed E-state index contributed by atoms with van der Waals surface area (Å²) in [5.74, 6) is 1.49. The molecule has 21 nitrogen and oxygen atoms in total. The molecule has 0 bridgehead atoms. The van der Waals surface area contributed by atoms with Gasteiger partial charge in [0.1, 0.15) is 42.7 Å². The van der Waals surface area contributed by atoms with Gasteiger partial charge in [0.25, 0.3) is 0 Å². The number of amides is 7. The van der Waals surface area contributed by atoms with E-state index in [2.05, 4.69) is 119 Å². The Kier molecular flexibility index (Phi) is 66.2. The maximum absolute atomic E-state index is 12.0. The number of carbonyl (C=O) groups excluding carboxylic acids is 7. The molecule has 21 heteroatoms. The molecule has 634 valence electrons. The number of hydrogen-bond donors (Lipinski definition) is 7. The molecule has 2 fully saturated rings. The second-order valence-electron chi connectivity index (χ2n) is 34.4. The average Bonchev–Trinajstić information content (AvgIpc) is 1.42. The highest BCUT2D eigenvalue weighted by Crippen LogP contribution is 2.34. The van der Waals surface area contributed by atoms with Gasteiger partial charge in [-0.1, -0.05) is 165 Å². The van der Waals surface area contributed by atoms with Crippen molar-refractivity contribution >= 4 is 41.4 Å². The van der Waals surface area contributed by atoms with Crippen molar-refractivity contribution in [2.24, 2.45) is 34.0 Å². The van der Waals surface area contributed by atoms with Gasteiger partial charge in [-0.15, -0.1) is 32.9 Å². The van der Waals surface area contributed by atoms with Gasteiger partial charge >= 0.3 is 0 Å². The van der Waals surface area contributed by atoms with Crippen LogP contribution >= 0.6 is 0 Å². The largest absolute Gasteiger partial charge is 0.368 e. The van der Waals surface area contributed by atoms with Gasteiger partial charge in [0, 0.05) is 68.5 Å². The Morgan fingerprint density at radius 3 is 0.926 bits per heavy atom. The third-order valence-corrected chi connectivity index (χ3v) is 14.9. The van der Waals surface area contributed by atoms with Gasteiger partial charge in [-0.3, -0.25) is 33.6 Å². The SMILES string of the molecule is C=CCOC(CC(=C)C)C(=O)NC(C)C.C=CCOC(CC(C)(C)C)C(=O)NC(C)C.C=CCOC(CC1CC1)C(=O)NC(C)C.C=CCOC(CC1CCCC1)C(=O)NC(C)C.CCCOC(C(=O)NC(C)C)C(C)(C)C.CCCOC(C(=O)NC(C)C)C(C)C.CCCOC(CC(C)(C)C)C(=O)NC(C)C. The number of nitrogens with one attached hydrogen (secondary N) is 7. The fraction of sp³-hybridized carbons (Fsp3) is 0.805. The van der Waals surface area contributed by atoms with Gasteiger partial charge in [0.05, 0.1) is 26.4 Å². The van der Waals surface area contributed by atoms with Crippen LogP contribution in [0.1, 0.15) is 291 Å². The van der Waals surface area contributed by atoms with Crippen molar-refractivity contribution in [3.8, 4) is 0 Å². The predicted molar refractivity (Wildman–Crippen MR) is 449 cm³/mol. The highest BCUT2D eigenvalue weighted by Gasteiger charge is 2.34. The number of rotatable bonds is 44. The second kappa shape index (κ2) is 64.3. The molecular formula is C87H167N7O14. The normalized spacial score (nSPS) is 14.8. The van der Waals surface area contributed by atoms with Crippen LogP contribution in [0.25, 0.3) is 0 Å². The monoisotopic (exact) mass is 1530 g/mol. The van der Waals surface area contributed by atoms with Crippen molar-refractivity contribution in [3.05, 3.63) is 62.8 Å². The summed E-state index contributed by atoms with van der Waals surface area (Å²) < 4.78 is 38.7. The second-order valence-corrected chi connectivity index (χ2v) is 34.4. The topological polar surface area (TPSA) is 268 Å². The first kappa shape index (κ1) is 111. The third kappa shape index (κ3) is 68.7. The maximum atomic E-state index is 12.0. The van der Waals surface area contributed by atoms with Crippen molar-refractivity contribution in [3.63, 3.8) is 0 Å². The standard InChI is InChI=1S/C14H25NO2.C13H27NO2.C13H25NO2.C12H21NO2.C12H25NO2.C12H21NO2.C11H23NO2/c1-4-9-17-13(14(16)15-11(2)3)10-12-7-5-6-8-12;2*1-7-8-16-11(9-13(4,5)6)12(15)14-10(2)3;1-4-7-15-11(8-10-5-6-10)12(14)13-9(2)3;1-7-8-15-10(12(4,5)6)11(14)13-9(2)3;1-6-7-15-11(8-9(2)3)12(14)13-10(4)5;1-6-7-14-10(8(2)3)11(13)12-9(4)5/h4,11-13H,1,5-10H2,2-3H3,(H,15,16);10-11H,7-9H2,1-6H3,(H,14,15);7,10-11H,1,8-9H2,2-6H3,(H,14,15);4,9-11H,1,5-8H2,2-3H3,(H,13,14);9-10H,7-8H2,1-6H3,(H,13,14);6,10-11H,1-2,7-8H2,3-5H3,(H,13,14);8-10H,6-7H2,1-5H3,(H,12,13). The van der Waals surface area contributed by atoms with Crippen molar-refractivity contribution in [2.45, 2.75) is 376 Å². The molecule has 0 spiro atoms. The van der Waals surface area contributed by atoms with Gasteiger partial charge in [-0.05, 0) is 183 Å². The minimum atomic E-state index is -0.456. The summed E-state index contributed by atoms with van der Waals surface area (Å²) in [6.45, 7) is 79.8. The van der Waals surface area contributed by atoms with E-state index >= 15 is 0 Å². The molecule has 2 aliphatic rings. The fourth-order valence-corrected chi connectivity index (χ4v) is 10.2. The van der Waals surface area contributed by atoms with Crippen LogP contribution in [0.2, 0.25) is 0 Å². The average molecular weight is 1540 g/mol. The van der Waals surface area contributed by atoms with Gasteiger partial charge in [0.15, 0.2) is 0 Å². The van der Waals surface area contributed by atoms with Crippen molar-refractivity contribution in [1.29, 1.82) is 0 Å². The molecule has 0 aliphatic heterocycles. The number of carbonyl (C=O) groups is 7. The zero-order chi connectivity index (χ0) is 84.5. The molecule has 7 N–H and O–H groups in total. The van der Waals surface area contributed by atoms with Gasteiger partial charge in [-0.2, -0.15) is 0 Å². The summed E-state index contributed by atoms with van der Waals surface area (Å²) in [4.78, 5) is 82.7. The minimum absolute atomic E-state index is 0.00319. The minimum Gasteiger partial charge on any atom is -0.368 e. The lowest BCUT2D eigenvalue weighted by Gasteiger charge is -2.30. The van der Waals surface area contributed by atoms with Gasteiger partial charge in [0.2, 0.25) is 41.4 Å². The summed E-state index contributed by atoms with van der Waals surface area (Å²) >= 11 is 0. The summed E-state index contributed by atoms with van der Waals surface area (Å²) in [6, 6.07) is 1.11. The molecule has 0 aromatic heterocycles. The molecule has 7 amide bonds. The molecule has 2 saturated carbocycles. The van der Waals surface area contributed by atoms with Crippen molar-refractivity contribution in [1.82, 2.24) is 37.2 Å².